The molecule has 0 aliphatic heterocycles. The van der Waals surface area contributed by atoms with E-state index in [1.54, 1.807) is 31.3 Å². The van der Waals surface area contributed by atoms with E-state index < -0.39 is 23.2 Å². The Balaban J connectivity index is 2.22. The number of alkyl halides is 3. The van der Waals surface area contributed by atoms with Gasteiger partial charge in [0.1, 0.15) is 11.4 Å². The van der Waals surface area contributed by atoms with Gasteiger partial charge < -0.3 is 9.47 Å². The molecule has 0 N–H and O–H groups in total. The highest BCUT2D eigenvalue weighted by molar-refractivity contribution is 6.30. The van der Waals surface area contributed by atoms with Crippen molar-refractivity contribution in [1.82, 2.24) is 9.47 Å². The second-order valence-electron chi connectivity index (χ2n) is 9.50. The molecule has 1 aliphatic carbocycles. The fourth-order valence-corrected chi connectivity index (χ4v) is 3.88. The van der Waals surface area contributed by atoms with Crippen LogP contribution in [0.4, 0.5) is 13.2 Å². The van der Waals surface area contributed by atoms with E-state index >= 15 is 0 Å². The Morgan fingerprint density at radius 2 is 1.81 bits per heavy atom. The standard InChI is InChI=1S/C23H25ClF3N3O/c1-21(2,3)13-29(4)20(31)19-17(15-5-7-16(24)8-6-15)11-18(23(25,26)27)30(19)14-22(12-28)9-10-22/h5-8,11H,9-10,13-14H2,1-4H3. The number of nitrogens with zero attached hydrogens (tertiary/aromatic N) is 3. The van der Waals surface area contributed by atoms with Gasteiger partial charge in [-0.05, 0) is 42.0 Å². The zero-order valence-corrected chi connectivity index (χ0v) is 18.7. The maximum absolute atomic E-state index is 14.0. The van der Waals surface area contributed by atoms with Crippen LogP contribution in [-0.2, 0) is 12.7 Å². The number of aromatic nitrogens is 1. The van der Waals surface area contributed by atoms with Crippen LogP contribution in [0.3, 0.4) is 0 Å². The van der Waals surface area contributed by atoms with Gasteiger partial charge in [-0.1, -0.05) is 44.5 Å². The Bertz CT molecular complexity index is 1020. The smallest absolute Gasteiger partial charge is 0.340 e. The molecule has 31 heavy (non-hydrogen) atoms. The predicted molar refractivity (Wildman–Crippen MR) is 114 cm³/mol. The van der Waals surface area contributed by atoms with Crippen LogP contribution in [0.5, 0.6) is 0 Å². The molecule has 8 heteroatoms. The molecule has 0 unspecified atom stereocenters. The minimum absolute atomic E-state index is 0.0528. The van der Waals surface area contributed by atoms with Crippen molar-refractivity contribution in [3.8, 4) is 17.2 Å². The molecule has 0 saturated heterocycles. The van der Waals surface area contributed by atoms with E-state index in [4.69, 9.17) is 11.6 Å². The van der Waals surface area contributed by atoms with Gasteiger partial charge in [-0.15, -0.1) is 0 Å². The number of halogens is 4. The molecule has 4 nitrogen and oxygen atoms in total. The first-order chi connectivity index (χ1) is 14.3. The molecule has 0 radical (unpaired) electrons. The molecule has 1 saturated carbocycles. The first kappa shape index (κ1) is 23.2. The van der Waals surface area contributed by atoms with Gasteiger partial charge >= 0.3 is 6.18 Å². The predicted octanol–water partition coefficient (Wildman–Crippen LogP) is 6.25. The van der Waals surface area contributed by atoms with Crippen molar-refractivity contribution in [3.05, 3.63) is 46.7 Å². The summed E-state index contributed by atoms with van der Waals surface area (Å²) in [6.45, 7) is 6.04. The summed E-state index contributed by atoms with van der Waals surface area (Å²) in [6, 6.07) is 9.49. The lowest BCUT2D eigenvalue weighted by Crippen LogP contribution is -2.36. The van der Waals surface area contributed by atoms with Crippen LogP contribution in [0.15, 0.2) is 30.3 Å². The fraction of sp³-hybridized carbons (Fsp3) is 0.478. The van der Waals surface area contributed by atoms with Crippen LogP contribution in [0.2, 0.25) is 5.02 Å². The molecule has 1 amide bonds. The van der Waals surface area contributed by atoms with Gasteiger partial charge in [0.2, 0.25) is 0 Å². The minimum Gasteiger partial charge on any atom is -0.340 e. The maximum Gasteiger partial charge on any atom is 0.431 e. The summed E-state index contributed by atoms with van der Waals surface area (Å²) in [4.78, 5) is 14.9. The Morgan fingerprint density at radius 3 is 2.26 bits per heavy atom. The topological polar surface area (TPSA) is 49.0 Å². The molecular weight excluding hydrogens is 427 g/mol. The molecule has 0 bridgehead atoms. The lowest BCUT2D eigenvalue weighted by Gasteiger charge is -2.28. The van der Waals surface area contributed by atoms with Gasteiger partial charge in [0.25, 0.3) is 5.91 Å². The largest absolute Gasteiger partial charge is 0.431 e. The maximum atomic E-state index is 14.0. The number of nitriles is 1. The molecule has 1 aliphatic rings. The second-order valence-corrected chi connectivity index (χ2v) is 9.93. The van der Waals surface area contributed by atoms with Crippen LogP contribution >= 0.6 is 11.6 Å². The molecule has 1 aromatic carbocycles. The SMILES string of the molecule is CN(CC(C)(C)C)C(=O)c1c(-c2ccc(Cl)cc2)cc(C(F)(F)F)n1CC1(C#N)CC1. The first-order valence-corrected chi connectivity index (χ1v) is 10.4. The van der Waals surface area contributed by atoms with Crippen molar-refractivity contribution in [1.29, 1.82) is 5.26 Å². The Kier molecular flexibility index (Phi) is 5.92. The van der Waals surface area contributed by atoms with Gasteiger partial charge in [0, 0.05) is 30.7 Å². The van der Waals surface area contributed by atoms with Crippen molar-refractivity contribution in [2.75, 3.05) is 13.6 Å². The van der Waals surface area contributed by atoms with Gasteiger partial charge in [0.15, 0.2) is 0 Å². The summed E-state index contributed by atoms with van der Waals surface area (Å²) in [5.41, 5.74) is -1.44. The minimum atomic E-state index is -4.67. The van der Waals surface area contributed by atoms with Crippen molar-refractivity contribution in [2.45, 2.75) is 46.3 Å². The number of amides is 1. The monoisotopic (exact) mass is 451 g/mol. The lowest BCUT2D eigenvalue weighted by atomic mass is 9.96. The van der Waals surface area contributed by atoms with Crippen LogP contribution in [0.1, 0.15) is 49.8 Å². The zero-order valence-electron chi connectivity index (χ0n) is 18.0. The molecule has 3 rings (SSSR count). The zero-order chi connectivity index (χ0) is 23.2. The van der Waals surface area contributed by atoms with Crippen LogP contribution in [0.25, 0.3) is 11.1 Å². The number of hydrogen-bond acceptors (Lipinski definition) is 2. The molecule has 2 aromatic rings. The quantitative estimate of drug-likeness (QED) is 0.539. The van der Waals surface area contributed by atoms with E-state index in [1.165, 1.54) is 4.90 Å². The van der Waals surface area contributed by atoms with Crippen LogP contribution in [0, 0.1) is 22.2 Å². The van der Waals surface area contributed by atoms with E-state index in [1.807, 2.05) is 20.8 Å². The molecule has 1 heterocycles. The van der Waals surface area contributed by atoms with E-state index in [9.17, 15) is 23.2 Å². The number of carbonyl (C=O) groups is 1. The number of benzene rings is 1. The molecular formula is C23H25ClF3N3O. The van der Waals surface area contributed by atoms with Crippen molar-refractivity contribution in [2.24, 2.45) is 10.8 Å². The highest BCUT2D eigenvalue weighted by Gasteiger charge is 2.47. The average molecular weight is 452 g/mol. The van der Waals surface area contributed by atoms with E-state index in [0.717, 1.165) is 10.6 Å². The van der Waals surface area contributed by atoms with Crippen molar-refractivity contribution in [3.63, 3.8) is 0 Å². The van der Waals surface area contributed by atoms with E-state index in [2.05, 4.69) is 6.07 Å². The normalized spacial score (nSPS) is 15.5. The summed E-state index contributed by atoms with van der Waals surface area (Å²) in [5.74, 6) is -0.510. The van der Waals surface area contributed by atoms with Crippen LogP contribution < -0.4 is 0 Å². The van der Waals surface area contributed by atoms with Gasteiger partial charge in [-0.25, -0.2) is 0 Å². The van der Waals surface area contributed by atoms with Gasteiger partial charge in [0.05, 0.1) is 11.5 Å². The van der Waals surface area contributed by atoms with E-state index in [0.29, 0.717) is 30.0 Å². The molecule has 0 spiro atoms. The average Bonchev–Trinajstić information content (AvgIpc) is 3.32. The van der Waals surface area contributed by atoms with Crippen molar-refractivity contribution >= 4 is 17.5 Å². The highest BCUT2D eigenvalue weighted by Crippen LogP contribution is 2.49. The van der Waals surface area contributed by atoms with Gasteiger partial charge in [-0.2, -0.15) is 18.4 Å². The number of rotatable bonds is 5. The number of carbonyl (C=O) groups excluding carboxylic acids is 1. The third-order valence-electron chi connectivity index (χ3n) is 5.35. The summed E-state index contributed by atoms with van der Waals surface area (Å²) in [7, 11) is 1.58. The number of hydrogen-bond donors (Lipinski definition) is 0. The Morgan fingerprint density at radius 1 is 1.23 bits per heavy atom. The summed E-state index contributed by atoms with van der Waals surface area (Å²) >= 11 is 5.95. The van der Waals surface area contributed by atoms with Crippen molar-refractivity contribution < 1.29 is 18.0 Å². The molecule has 1 aromatic heterocycles. The first-order valence-electron chi connectivity index (χ1n) is 10.00. The lowest BCUT2D eigenvalue weighted by molar-refractivity contribution is -0.143. The summed E-state index contributed by atoms with van der Waals surface area (Å²) < 4.78 is 43.0. The second kappa shape index (κ2) is 7.90. The highest BCUT2D eigenvalue weighted by atomic mass is 35.5. The van der Waals surface area contributed by atoms with Gasteiger partial charge in [-0.3, -0.25) is 4.79 Å². The van der Waals surface area contributed by atoms with E-state index in [-0.39, 0.29) is 23.2 Å². The Hall–Kier alpha value is -2.46. The molecule has 1 fully saturated rings. The summed E-state index contributed by atoms with van der Waals surface area (Å²) in [5, 5.41) is 9.95. The Labute approximate surface area is 185 Å². The molecule has 166 valence electrons. The fourth-order valence-electron chi connectivity index (χ4n) is 3.75. The molecule has 0 atom stereocenters. The van der Waals surface area contributed by atoms with Crippen LogP contribution in [-0.4, -0.2) is 29.0 Å². The third kappa shape index (κ3) is 5.07. The summed E-state index contributed by atoms with van der Waals surface area (Å²) in [6.07, 6.45) is -3.64. The third-order valence-corrected chi connectivity index (χ3v) is 5.61.